The van der Waals surface area contributed by atoms with Crippen LogP contribution in [0.3, 0.4) is 0 Å². The van der Waals surface area contributed by atoms with Crippen LogP contribution in [0, 0.1) is 0 Å². The summed E-state index contributed by atoms with van der Waals surface area (Å²) >= 11 is 1.64. The highest BCUT2D eigenvalue weighted by molar-refractivity contribution is 7.10. The zero-order chi connectivity index (χ0) is 22.3. The number of carbonyl (C=O) groups excluding carboxylic acids is 1. The van der Waals surface area contributed by atoms with Crippen molar-refractivity contribution in [1.29, 1.82) is 0 Å². The lowest BCUT2D eigenvalue weighted by atomic mass is 10.0. The van der Waals surface area contributed by atoms with Crippen LogP contribution in [0.1, 0.15) is 48.2 Å². The van der Waals surface area contributed by atoms with Gasteiger partial charge in [-0.2, -0.15) is 5.10 Å². The van der Waals surface area contributed by atoms with E-state index in [-0.39, 0.29) is 23.8 Å². The van der Waals surface area contributed by atoms with Gasteiger partial charge in [-0.15, -0.1) is 11.3 Å². The molecule has 0 bridgehead atoms. The topological polar surface area (TPSA) is 64.0 Å². The summed E-state index contributed by atoms with van der Waals surface area (Å²) in [6.45, 7) is 2.60. The van der Waals surface area contributed by atoms with Crippen molar-refractivity contribution in [2.24, 2.45) is 0 Å². The van der Waals surface area contributed by atoms with Crippen LogP contribution in [0.5, 0.6) is 0 Å². The van der Waals surface area contributed by atoms with Crippen molar-refractivity contribution in [1.82, 2.24) is 15.1 Å². The van der Waals surface area contributed by atoms with Gasteiger partial charge in [0, 0.05) is 16.7 Å². The highest BCUT2D eigenvalue weighted by Crippen LogP contribution is 2.27. The predicted molar refractivity (Wildman–Crippen MR) is 130 cm³/mol. The fourth-order valence-electron chi connectivity index (χ4n) is 3.81. The second kappa shape index (κ2) is 10.4. The molecule has 1 amide bonds. The predicted octanol–water partition coefficient (Wildman–Crippen LogP) is 5.10. The van der Waals surface area contributed by atoms with Crippen LogP contribution in [-0.2, 0) is 17.8 Å². The van der Waals surface area contributed by atoms with Gasteiger partial charge in [0.2, 0.25) is 11.3 Å². The highest BCUT2D eigenvalue weighted by atomic mass is 32.1. The van der Waals surface area contributed by atoms with Crippen molar-refractivity contribution in [3.63, 3.8) is 0 Å². The maximum Gasteiger partial charge on any atom is 0.222 e. The molecule has 0 aliphatic carbocycles. The number of nitrogens with zero attached hydrogens (tertiary/aromatic N) is 2. The zero-order valence-corrected chi connectivity index (χ0v) is 19.0. The number of benzene rings is 2. The average molecular weight is 446 g/mol. The molecule has 2 heterocycles. The van der Waals surface area contributed by atoms with Gasteiger partial charge in [-0.3, -0.25) is 14.3 Å². The van der Waals surface area contributed by atoms with E-state index in [9.17, 15) is 9.59 Å². The number of amides is 1. The van der Waals surface area contributed by atoms with E-state index in [1.165, 1.54) is 24.6 Å². The third kappa shape index (κ3) is 5.14. The lowest BCUT2D eigenvalue weighted by Gasteiger charge is -2.19. The standard InChI is InChI=1S/C26H27N3O2S/c1-2-3-7-19-11-13-20(14-12-19)26(24-10-6-17-32-24)28-25(31)15-16-29-22-9-5-4-8-21(22)23(30)18-27-29/h4-6,8-14,17-18,26H,2-3,7,15-16H2,1H3,(H,28,31). The van der Waals surface area contributed by atoms with Crippen LogP contribution >= 0.6 is 11.3 Å². The number of nitrogens with one attached hydrogen (secondary N) is 1. The van der Waals surface area contributed by atoms with Gasteiger partial charge in [0.15, 0.2) is 0 Å². The molecule has 1 atom stereocenters. The summed E-state index contributed by atoms with van der Waals surface area (Å²) in [7, 11) is 0. The van der Waals surface area contributed by atoms with Gasteiger partial charge in [0.1, 0.15) is 0 Å². The quantitative estimate of drug-likeness (QED) is 0.390. The molecule has 0 spiro atoms. The van der Waals surface area contributed by atoms with Crippen molar-refractivity contribution in [3.05, 3.63) is 98.5 Å². The Morgan fingerprint density at radius 3 is 2.66 bits per heavy atom. The molecule has 4 rings (SSSR count). The van der Waals surface area contributed by atoms with Gasteiger partial charge >= 0.3 is 0 Å². The van der Waals surface area contributed by atoms with Crippen molar-refractivity contribution in [3.8, 4) is 0 Å². The third-order valence-corrected chi connectivity index (χ3v) is 6.51. The summed E-state index contributed by atoms with van der Waals surface area (Å²) in [5.41, 5.74) is 3.03. The van der Waals surface area contributed by atoms with Gasteiger partial charge in [-0.05, 0) is 47.5 Å². The minimum absolute atomic E-state index is 0.0527. The maximum absolute atomic E-state index is 12.9. The summed E-state index contributed by atoms with van der Waals surface area (Å²) in [5, 5.41) is 10.1. The molecule has 0 aliphatic rings. The van der Waals surface area contributed by atoms with Crippen LogP contribution in [0.2, 0.25) is 0 Å². The molecule has 0 saturated heterocycles. The van der Waals surface area contributed by atoms with Crippen molar-refractivity contribution >= 4 is 28.1 Å². The Kier molecular flexibility index (Phi) is 7.12. The van der Waals surface area contributed by atoms with E-state index in [1.54, 1.807) is 22.1 Å². The van der Waals surface area contributed by atoms with E-state index < -0.39 is 0 Å². The molecule has 164 valence electrons. The largest absolute Gasteiger partial charge is 0.344 e. The van der Waals surface area contributed by atoms with Crippen LogP contribution in [0.15, 0.2) is 77.0 Å². The fourth-order valence-corrected chi connectivity index (χ4v) is 4.61. The van der Waals surface area contributed by atoms with E-state index in [4.69, 9.17) is 0 Å². The van der Waals surface area contributed by atoms with Crippen molar-refractivity contribution in [2.75, 3.05) is 0 Å². The molecule has 4 aromatic rings. The number of rotatable bonds is 9. The number of unbranched alkanes of at least 4 members (excludes halogenated alkanes) is 1. The Labute approximate surface area is 191 Å². The lowest BCUT2D eigenvalue weighted by Crippen LogP contribution is -2.30. The summed E-state index contributed by atoms with van der Waals surface area (Å²) in [4.78, 5) is 26.0. The van der Waals surface area contributed by atoms with Crippen molar-refractivity contribution in [2.45, 2.75) is 45.2 Å². The number of carbonyl (C=O) groups is 1. The summed E-state index contributed by atoms with van der Waals surface area (Å²) in [5.74, 6) is -0.0527. The van der Waals surface area contributed by atoms with Gasteiger partial charge in [0.05, 0.1) is 24.3 Å². The van der Waals surface area contributed by atoms with Crippen LogP contribution in [0.4, 0.5) is 0 Å². The van der Waals surface area contributed by atoms with E-state index >= 15 is 0 Å². The molecule has 32 heavy (non-hydrogen) atoms. The number of thiophene rings is 1. The number of para-hydroxylation sites is 1. The first-order valence-electron chi connectivity index (χ1n) is 11.0. The minimum Gasteiger partial charge on any atom is -0.344 e. The second-order valence-electron chi connectivity index (χ2n) is 7.86. The molecule has 0 saturated carbocycles. The molecule has 5 nitrogen and oxygen atoms in total. The molecular weight excluding hydrogens is 418 g/mol. The Morgan fingerprint density at radius 2 is 1.91 bits per heavy atom. The fraction of sp³-hybridized carbons (Fsp3) is 0.269. The smallest absolute Gasteiger partial charge is 0.222 e. The highest BCUT2D eigenvalue weighted by Gasteiger charge is 2.18. The third-order valence-electron chi connectivity index (χ3n) is 5.58. The van der Waals surface area contributed by atoms with Gasteiger partial charge in [0.25, 0.3) is 0 Å². The molecule has 0 fully saturated rings. The molecule has 6 heteroatoms. The first-order valence-corrected chi connectivity index (χ1v) is 11.9. The number of fused-ring (bicyclic) bond motifs is 1. The number of hydrogen-bond donors (Lipinski definition) is 1. The number of aromatic nitrogens is 2. The van der Waals surface area contributed by atoms with Gasteiger partial charge < -0.3 is 5.32 Å². The Morgan fingerprint density at radius 1 is 1.09 bits per heavy atom. The van der Waals surface area contributed by atoms with Crippen LogP contribution in [0.25, 0.3) is 10.9 Å². The normalized spacial score (nSPS) is 12.0. The van der Waals surface area contributed by atoms with Crippen LogP contribution < -0.4 is 10.7 Å². The minimum atomic E-state index is -0.179. The first-order chi connectivity index (χ1) is 15.7. The monoisotopic (exact) mass is 445 g/mol. The lowest BCUT2D eigenvalue weighted by molar-refractivity contribution is -0.121. The molecule has 0 radical (unpaired) electrons. The van der Waals surface area contributed by atoms with E-state index in [2.05, 4.69) is 47.7 Å². The Balaban J connectivity index is 1.48. The maximum atomic E-state index is 12.9. The molecule has 2 aromatic heterocycles. The molecule has 0 aliphatic heterocycles. The SMILES string of the molecule is CCCCc1ccc(C(NC(=O)CCn2ncc(=O)c3ccccc32)c2cccs2)cc1. The summed E-state index contributed by atoms with van der Waals surface area (Å²) in [6.07, 6.45) is 5.02. The molecule has 1 unspecified atom stereocenters. The average Bonchev–Trinajstić information content (AvgIpc) is 3.36. The zero-order valence-electron chi connectivity index (χ0n) is 18.2. The van der Waals surface area contributed by atoms with E-state index in [1.807, 2.05) is 29.6 Å². The van der Waals surface area contributed by atoms with Crippen LogP contribution in [-0.4, -0.2) is 15.7 Å². The Hall–Kier alpha value is -3.25. The Bertz CT molecular complexity index is 1230. The second-order valence-corrected chi connectivity index (χ2v) is 8.84. The molecular formula is C26H27N3O2S. The summed E-state index contributed by atoms with van der Waals surface area (Å²) < 4.78 is 1.72. The molecule has 2 aromatic carbocycles. The first kappa shape index (κ1) is 22.0. The van der Waals surface area contributed by atoms with Gasteiger partial charge in [-0.25, -0.2) is 0 Å². The van der Waals surface area contributed by atoms with E-state index in [0.717, 1.165) is 22.4 Å². The van der Waals surface area contributed by atoms with Gasteiger partial charge in [-0.1, -0.05) is 55.8 Å². The number of hydrogen-bond acceptors (Lipinski definition) is 4. The van der Waals surface area contributed by atoms with E-state index in [0.29, 0.717) is 11.9 Å². The molecule has 1 N–H and O–H groups in total. The summed E-state index contributed by atoms with van der Waals surface area (Å²) in [6, 6.07) is 19.8. The number of aryl methyl sites for hydroxylation is 2. The van der Waals surface area contributed by atoms with Crippen molar-refractivity contribution < 1.29 is 4.79 Å².